The minimum Gasteiger partial charge on any atom is -0.550 e. The number of hydrogen-bond donors (Lipinski definition) is 1. The molecule has 0 aliphatic heterocycles. The highest BCUT2D eigenvalue weighted by Crippen LogP contribution is 2.20. The third-order valence-electron chi connectivity index (χ3n) is 2.98. The first-order chi connectivity index (χ1) is 9.59. The molecule has 2 rings (SSSR count). The normalized spacial score (nSPS) is 11.8. The topological polar surface area (TPSA) is 77.4 Å². The van der Waals surface area contributed by atoms with E-state index in [2.05, 4.69) is 0 Å². The Hall–Kier alpha value is -2.46. The largest absolute Gasteiger partial charge is 0.550 e. The average Bonchev–Trinajstić information content (AvgIpc) is 2.46. The van der Waals surface area contributed by atoms with E-state index in [1.807, 2.05) is 0 Å². The third kappa shape index (κ3) is 3.10. The lowest BCUT2D eigenvalue weighted by Crippen LogP contribution is -2.26. The molecule has 0 fully saturated rings. The van der Waals surface area contributed by atoms with Crippen LogP contribution in [0.15, 0.2) is 54.6 Å². The second-order valence-corrected chi connectivity index (χ2v) is 4.38. The van der Waals surface area contributed by atoms with Crippen LogP contribution in [0, 0.1) is 0 Å². The van der Waals surface area contributed by atoms with Gasteiger partial charge in [0.25, 0.3) is 0 Å². The zero-order valence-corrected chi connectivity index (χ0v) is 10.7. The summed E-state index contributed by atoms with van der Waals surface area (Å²) in [5.41, 5.74) is 1.02. The molecular formula is C16H13O4-. The van der Waals surface area contributed by atoms with Crippen LogP contribution >= 0.6 is 0 Å². The quantitative estimate of drug-likeness (QED) is 0.818. The van der Waals surface area contributed by atoms with Crippen LogP contribution < -0.4 is 5.11 Å². The number of carbonyl (C=O) groups is 2. The Labute approximate surface area is 116 Å². The molecule has 0 aliphatic rings. The molecule has 1 N–H and O–H groups in total. The van der Waals surface area contributed by atoms with Crippen molar-refractivity contribution in [3.63, 3.8) is 0 Å². The Morgan fingerprint density at radius 2 is 1.60 bits per heavy atom. The van der Waals surface area contributed by atoms with Crippen molar-refractivity contribution in [2.24, 2.45) is 0 Å². The molecule has 1 atom stereocenters. The van der Waals surface area contributed by atoms with E-state index >= 15 is 0 Å². The van der Waals surface area contributed by atoms with E-state index in [-0.39, 0.29) is 12.0 Å². The molecule has 2 aromatic rings. The van der Waals surface area contributed by atoms with E-state index in [9.17, 15) is 19.8 Å². The molecule has 102 valence electrons. The Bertz CT molecular complexity index is 619. The number of aliphatic hydroxyl groups excluding tert-OH is 1. The molecule has 1 unspecified atom stereocenters. The Balaban J connectivity index is 2.32. The molecule has 0 aromatic heterocycles. The molecule has 4 nitrogen and oxygen atoms in total. The minimum atomic E-state index is -1.31. The molecule has 0 saturated heterocycles. The summed E-state index contributed by atoms with van der Waals surface area (Å²) in [4.78, 5) is 23.0. The van der Waals surface area contributed by atoms with Crippen molar-refractivity contribution >= 4 is 11.8 Å². The van der Waals surface area contributed by atoms with Crippen LogP contribution in [0.1, 0.15) is 27.6 Å². The minimum absolute atomic E-state index is 0.202. The maximum absolute atomic E-state index is 12.3. The van der Waals surface area contributed by atoms with Gasteiger partial charge in [-0.05, 0) is 11.1 Å². The number of Topliss-reactive ketones (excluding diaryl/α,β-unsaturated/α-hetero) is 1. The first-order valence-corrected chi connectivity index (χ1v) is 6.14. The lowest BCUT2D eigenvalue weighted by atomic mass is 9.95. The van der Waals surface area contributed by atoms with Crippen LogP contribution in [0.2, 0.25) is 0 Å². The van der Waals surface area contributed by atoms with E-state index in [1.54, 1.807) is 48.5 Å². The van der Waals surface area contributed by atoms with Gasteiger partial charge in [0.15, 0.2) is 5.78 Å². The van der Waals surface area contributed by atoms with Gasteiger partial charge >= 0.3 is 0 Å². The van der Waals surface area contributed by atoms with E-state index in [4.69, 9.17) is 0 Å². The highest BCUT2D eigenvalue weighted by molar-refractivity contribution is 6.01. The fraction of sp³-hybridized carbons (Fsp3) is 0.125. The summed E-state index contributed by atoms with van der Waals surface area (Å²) >= 11 is 0. The number of carboxylic acids is 1. The van der Waals surface area contributed by atoms with E-state index < -0.39 is 17.9 Å². The van der Waals surface area contributed by atoms with E-state index in [0.717, 1.165) is 0 Å². The SMILES string of the molecule is O=C([O-])Cc1ccccc1C(=O)C(O)c1ccccc1. The van der Waals surface area contributed by atoms with Crippen molar-refractivity contribution in [3.8, 4) is 0 Å². The van der Waals surface area contributed by atoms with Crippen molar-refractivity contribution < 1.29 is 19.8 Å². The zero-order chi connectivity index (χ0) is 14.5. The molecule has 0 radical (unpaired) electrons. The Kier molecular flexibility index (Phi) is 4.27. The van der Waals surface area contributed by atoms with Gasteiger partial charge in [0.1, 0.15) is 6.10 Å². The Morgan fingerprint density at radius 1 is 1.00 bits per heavy atom. The number of aliphatic carboxylic acids is 1. The predicted octanol–water partition coefficient (Wildman–Crippen LogP) is 0.895. The molecule has 0 heterocycles. The summed E-state index contributed by atoms with van der Waals surface area (Å²) in [6, 6.07) is 14.8. The second kappa shape index (κ2) is 6.12. The molecule has 2 aromatic carbocycles. The van der Waals surface area contributed by atoms with Gasteiger partial charge in [-0.25, -0.2) is 0 Å². The van der Waals surface area contributed by atoms with Crippen molar-refractivity contribution in [2.45, 2.75) is 12.5 Å². The third-order valence-corrected chi connectivity index (χ3v) is 2.98. The number of hydrogen-bond acceptors (Lipinski definition) is 4. The summed E-state index contributed by atoms with van der Waals surface area (Å²) in [6.45, 7) is 0. The second-order valence-electron chi connectivity index (χ2n) is 4.38. The lowest BCUT2D eigenvalue weighted by molar-refractivity contribution is -0.304. The zero-order valence-electron chi connectivity index (χ0n) is 10.7. The molecule has 0 spiro atoms. The smallest absolute Gasteiger partial charge is 0.196 e. The number of aliphatic hydroxyl groups is 1. The standard InChI is InChI=1S/C16H14O4/c17-14(18)10-12-8-4-5-9-13(12)16(20)15(19)11-6-2-1-3-7-11/h1-9,15,19H,10H2,(H,17,18)/p-1. The lowest BCUT2D eigenvalue weighted by Gasteiger charge is -2.13. The van der Waals surface area contributed by atoms with Crippen LogP contribution in [0.4, 0.5) is 0 Å². The number of ketones is 1. The van der Waals surface area contributed by atoms with Crippen molar-refractivity contribution in [1.29, 1.82) is 0 Å². The average molecular weight is 269 g/mol. The van der Waals surface area contributed by atoms with Crippen LogP contribution in [0.25, 0.3) is 0 Å². The maximum atomic E-state index is 12.3. The number of rotatable bonds is 5. The fourth-order valence-electron chi connectivity index (χ4n) is 2.00. The van der Waals surface area contributed by atoms with Crippen molar-refractivity contribution in [1.82, 2.24) is 0 Å². The van der Waals surface area contributed by atoms with Crippen molar-refractivity contribution in [2.75, 3.05) is 0 Å². The molecule has 0 aliphatic carbocycles. The number of carbonyl (C=O) groups excluding carboxylic acids is 2. The summed E-state index contributed by atoms with van der Waals surface area (Å²) in [7, 11) is 0. The van der Waals surface area contributed by atoms with Crippen LogP contribution in [0.5, 0.6) is 0 Å². The molecule has 0 amide bonds. The summed E-state index contributed by atoms with van der Waals surface area (Å²) in [6.07, 6.45) is -1.66. The highest BCUT2D eigenvalue weighted by Gasteiger charge is 2.21. The summed E-state index contributed by atoms with van der Waals surface area (Å²) < 4.78 is 0. The van der Waals surface area contributed by atoms with E-state index in [0.29, 0.717) is 11.1 Å². The molecular weight excluding hydrogens is 256 g/mol. The van der Waals surface area contributed by atoms with Gasteiger partial charge < -0.3 is 15.0 Å². The van der Waals surface area contributed by atoms with Gasteiger partial charge in [0.2, 0.25) is 0 Å². The molecule has 20 heavy (non-hydrogen) atoms. The van der Waals surface area contributed by atoms with Gasteiger partial charge in [-0.3, -0.25) is 4.79 Å². The fourth-order valence-corrected chi connectivity index (χ4v) is 2.00. The number of carboxylic acid groups (broad SMARTS) is 1. The van der Waals surface area contributed by atoms with Crippen LogP contribution in [-0.2, 0) is 11.2 Å². The summed E-state index contributed by atoms with van der Waals surface area (Å²) in [5.74, 6) is -1.78. The van der Waals surface area contributed by atoms with Gasteiger partial charge in [-0.2, -0.15) is 0 Å². The number of benzene rings is 2. The highest BCUT2D eigenvalue weighted by atomic mass is 16.4. The van der Waals surface area contributed by atoms with Gasteiger partial charge in [0, 0.05) is 18.0 Å². The molecule has 0 bridgehead atoms. The predicted molar refractivity (Wildman–Crippen MR) is 70.9 cm³/mol. The van der Waals surface area contributed by atoms with E-state index in [1.165, 1.54) is 6.07 Å². The van der Waals surface area contributed by atoms with Crippen LogP contribution in [-0.4, -0.2) is 16.9 Å². The van der Waals surface area contributed by atoms with Crippen LogP contribution in [0.3, 0.4) is 0 Å². The first kappa shape index (κ1) is 14.0. The summed E-state index contributed by atoms with van der Waals surface area (Å²) in [5, 5.41) is 20.8. The van der Waals surface area contributed by atoms with Gasteiger partial charge in [-0.15, -0.1) is 0 Å². The Morgan fingerprint density at radius 3 is 2.25 bits per heavy atom. The first-order valence-electron chi connectivity index (χ1n) is 6.14. The molecule has 0 saturated carbocycles. The maximum Gasteiger partial charge on any atom is 0.196 e. The van der Waals surface area contributed by atoms with Gasteiger partial charge in [-0.1, -0.05) is 54.6 Å². The van der Waals surface area contributed by atoms with Gasteiger partial charge in [0.05, 0.1) is 0 Å². The van der Waals surface area contributed by atoms with Crippen molar-refractivity contribution in [3.05, 3.63) is 71.3 Å². The monoisotopic (exact) mass is 269 g/mol. The molecule has 4 heteroatoms.